The minimum Gasteiger partial charge on any atom is -0.289 e. The van der Waals surface area contributed by atoms with E-state index in [0.717, 1.165) is 27.8 Å². The number of pyridine rings is 3. The number of aryl methyl sites for hydroxylation is 1. The van der Waals surface area contributed by atoms with E-state index >= 15 is 0 Å². The van der Waals surface area contributed by atoms with Crippen molar-refractivity contribution >= 4 is 59.9 Å². The quantitative estimate of drug-likeness (QED) is 0.237. The number of hydrogen-bond donors (Lipinski definition) is 0. The van der Waals surface area contributed by atoms with Crippen molar-refractivity contribution < 1.29 is 0 Å². The molecular formula is C25H15N3. The van der Waals surface area contributed by atoms with Crippen LogP contribution in [0.25, 0.3) is 59.9 Å². The zero-order valence-electron chi connectivity index (χ0n) is 15.3. The molecule has 4 heterocycles. The third kappa shape index (κ3) is 1.57. The summed E-state index contributed by atoms with van der Waals surface area (Å²) in [6.07, 6.45) is 1.93. The topological polar surface area (TPSA) is 30.2 Å². The van der Waals surface area contributed by atoms with E-state index in [4.69, 9.17) is 9.97 Å². The molecule has 130 valence electrons. The van der Waals surface area contributed by atoms with Gasteiger partial charge in [-0.2, -0.15) is 0 Å². The second-order valence-corrected chi connectivity index (χ2v) is 7.55. The highest BCUT2D eigenvalue weighted by Gasteiger charge is 2.20. The molecule has 0 aliphatic heterocycles. The molecule has 7 rings (SSSR count). The summed E-state index contributed by atoms with van der Waals surface area (Å²) in [6, 6.07) is 23.8. The SMILES string of the molecule is Cc1nc2c3cc4ccccc4cc3c3nccc4c5ccccc5c1n2c43. The van der Waals surface area contributed by atoms with Crippen LogP contribution in [-0.4, -0.2) is 14.4 Å². The number of nitrogens with zero attached hydrogens (tertiary/aromatic N) is 3. The van der Waals surface area contributed by atoms with Crippen molar-refractivity contribution in [1.29, 1.82) is 0 Å². The van der Waals surface area contributed by atoms with Crippen LogP contribution in [0.2, 0.25) is 0 Å². The number of fused-ring (bicyclic) bond motifs is 7. The van der Waals surface area contributed by atoms with Crippen LogP contribution in [0.15, 0.2) is 72.9 Å². The fraction of sp³-hybridized carbons (Fsp3) is 0.0400. The summed E-state index contributed by atoms with van der Waals surface area (Å²) in [4.78, 5) is 9.87. The fourth-order valence-corrected chi connectivity index (χ4v) is 4.88. The van der Waals surface area contributed by atoms with Gasteiger partial charge in [0.1, 0.15) is 5.65 Å². The van der Waals surface area contributed by atoms with Crippen molar-refractivity contribution in [2.75, 3.05) is 0 Å². The molecule has 0 aliphatic carbocycles. The summed E-state index contributed by atoms with van der Waals surface area (Å²) in [6.45, 7) is 2.11. The molecule has 0 saturated carbocycles. The van der Waals surface area contributed by atoms with Gasteiger partial charge in [0.15, 0.2) is 0 Å². The molecule has 3 heteroatoms. The van der Waals surface area contributed by atoms with Crippen molar-refractivity contribution in [2.45, 2.75) is 6.92 Å². The first kappa shape index (κ1) is 14.4. The highest BCUT2D eigenvalue weighted by atomic mass is 15.0. The van der Waals surface area contributed by atoms with E-state index < -0.39 is 0 Å². The highest BCUT2D eigenvalue weighted by molar-refractivity contribution is 6.24. The second-order valence-electron chi connectivity index (χ2n) is 7.55. The molecular weight excluding hydrogens is 342 g/mol. The Labute approximate surface area is 160 Å². The predicted molar refractivity (Wildman–Crippen MR) is 116 cm³/mol. The molecule has 0 bridgehead atoms. The number of imidazole rings is 1. The molecule has 7 aromatic rings. The van der Waals surface area contributed by atoms with Gasteiger partial charge in [-0.05, 0) is 41.3 Å². The first-order valence-corrected chi connectivity index (χ1v) is 9.53. The third-order valence-corrected chi connectivity index (χ3v) is 6.05. The van der Waals surface area contributed by atoms with Gasteiger partial charge in [0.25, 0.3) is 0 Å². The van der Waals surface area contributed by atoms with Gasteiger partial charge in [-0.15, -0.1) is 0 Å². The lowest BCUT2D eigenvalue weighted by Gasteiger charge is -2.14. The van der Waals surface area contributed by atoms with E-state index in [1.165, 1.54) is 37.8 Å². The van der Waals surface area contributed by atoms with Crippen LogP contribution in [0.1, 0.15) is 5.69 Å². The highest BCUT2D eigenvalue weighted by Crippen LogP contribution is 2.39. The first-order chi connectivity index (χ1) is 13.8. The van der Waals surface area contributed by atoms with Gasteiger partial charge in [0.05, 0.1) is 22.2 Å². The van der Waals surface area contributed by atoms with Gasteiger partial charge in [0, 0.05) is 27.7 Å². The Morgan fingerprint density at radius 2 is 1.36 bits per heavy atom. The smallest absolute Gasteiger partial charge is 0.146 e. The van der Waals surface area contributed by atoms with Gasteiger partial charge in [-0.1, -0.05) is 48.5 Å². The maximum Gasteiger partial charge on any atom is 0.146 e. The Hall–Kier alpha value is -3.72. The lowest BCUT2D eigenvalue weighted by molar-refractivity contribution is 1.29. The zero-order valence-corrected chi connectivity index (χ0v) is 15.3. The van der Waals surface area contributed by atoms with Gasteiger partial charge in [-0.3, -0.25) is 9.38 Å². The molecule has 0 radical (unpaired) electrons. The van der Waals surface area contributed by atoms with Crippen molar-refractivity contribution in [3.05, 3.63) is 78.6 Å². The predicted octanol–water partition coefficient (Wildman–Crippen LogP) is 6.24. The van der Waals surface area contributed by atoms with Crippen LogP contribution >= 0.6 is 0 Å². The molecule has 0 spiro atoms. The average molecular weight is 357 g/mol. The molecule has 0 unspecified atom stereocenters. The summed E-state index contributed by atoms with van der Waals surface area (Å²) in [5.41, 5.74) is 5.47. The largest absolute Gasteiger partial charge is 0.289 e. The van der Waals surface area contributed by atoms with Crippen LogP contribution in [0.3, 0.4) is 0 Å². The molecule has 0 amide bonds. The molecule has 0 atom stereocenters. The molecule has 3 nitrogen and oxygen atoms in total. The molecule has 4 aromatic heterocycles. The lowest BCUT2D eigenvalue weighted by atomic mass is 10.00. The van der Waals surface area contributed by atoms with Crippen molar-refractivity contribution in [2.24, 2.45) is 0 Å². The maximum absolute atomic E-state index is 5.04. The standard InChI is InChI=1S/C25H15N3/c1-14-23-18-9-5-4-8-17(18)19-10-11-26-22-20-12-15-6-2-3-7-16(15)13-21(20)25(27-14)28(23)24(19)22/h2-13H,1H3. The van der Waals surface area contributed by atoms with Crippen LogP contribution in [0.5, 0.6) is 0 Å². The van der Waals surface area contributed by atoms with E-state index in [0.29, 0.717) is 0 Å². The molecule has 0 aliphatic rings. The molecule has 0 saturated heterocycles. The monoisotopic (exact) mass is 357 g/mol. The maximum atomic E-state index is 5.04. The zero-order chi connectivity index (χ0) is 18.4. The Morgan fingerprint density at radius 3 is 2.18 bits per heavy atom. The Kier molecular flexibility index (Phi) is 2.44. The van der Waals surface area contributed by atoms with Gasteiger partial charge >= 0.3 is 0 Å². The summed E-state index contributed by atoms with van der Waals surface area (Å²) < 4.78 is 2.33. The summed E-state index contributed by atoms with van der Waals surface area (Å²) in [5.74, 6) is 0. The summed E-state index contributed by atoms with van der Waals surface area (Å²) in [7, 11) is 0. The molecule has 3 aromatic carbocycles. The minimum atomic E-state index is 1.02. The Bertz CT molecular complexity index is 1720. The van der Waals surface area contributed by atoms with Crippen molar-refractivity contribution in [1.82, 2.24) is 14.4 Å². The summed E-state index contributed by atoms with van der Waals surface area (Å²) >= 11 is 0. The number of hydrogen-bond acceptors (Lipinski definition) is 2. The molecule has 0 N–H and O–H groups in total. The van der Waals surface area contributed by atoms with Crippen LogP contribution < -0.4 is 0 Å². The summed E-state index contributed by atoms with van der Waals surface area (Å²) in [5, 5.41) is 8.51. The minimum absolute atomic E-state index is 1.02. The van der Waals surface area contributed by atoms with Crippen molar-refractivity contribution in [3.63, 3.8) is 0 Å². The Balaban J connectivity index is 1.93. The van der Waals surface area contributed by atoms with E-state index in [2.05, 4.69) is 78.1 Å². The van der Waals surface area contributed by atoms with E-state index in [9.17, 15) is 0 Å². The number of benzene rings is 3. The normalized spacial score (nSPS) is 12.5. The van der Waals surface area contributed by atoms with E-state index in [1.807, 2.05) is 6.20 Å². The van der Waals surface area contributed by atoms with Crippen LogP contribution in [0.4, 0.5) is 0 Å². The lowest BCUT2D eigenvalue weighted by Crippen LogP contribution is -1.97. The van der Waals surface area contributed by atoms with E-state index in [-0.39, 0.29) is 0 Å². The third-order valence-electron chi connectivity index (χ3n) is 6.05. The van der Waals surface area contributed by atoms with Gasteiger partial charge < -0.3 is 0 Å². The number of rotatable bonds is 0. The van der Waals surface area contributed by atoms with Gasteiger partial charge in [-0.25, -0.2) is 4.98 Å². The van der Waals surface area contributed by atoms with Crippen LogP contribution in [0, 0.1) is 6.92 Å². The molecule has 28 heavy (non-hydrogen) atoms. The Morgan fingerprint density at radius 1 is 0.679 bits per heavy atom. The average Bonchev–Trinajstić information content (AvgIpc) is 3.10. The number of aromatic nitrogens is 3. The van der Waals surface area contributed by atoms with Crippen molar-refractivity contribution in [3.8, 4) is 0 Å². The first-order valence-electron chi connectivity index (χ1n) is 9.53. The van der Waals surface area contributed by atoms with Crippen LogP contribution in [-0.2, 0) is 0 Å². The fourth-order valence-electron chi connectivity index (χ4n) is 4.88. The van der Waals surface area contributed by atoms with Gasteiger partial charge in [0.2, 0.25) is 0 Å². The second kappa shape index (κ2) is 4.76. The molecule has 0 fully saturated rings. The van der Waals surface area contributed by atoms with E-state index in [1.54, 1.807) is 0 Å².